The molecule has 0 bridgehead atoms. The van der Waals surface area contributed by atoms with Crippen molar-refractivity contribution in [1.82, 2.24) is 9.88 Å². The fourth-order valence-corrected chi connectivity index (χ4v) is 4.21. The van der Waals surface area contributed by atoms with Gasteiger partial charge in [-0.3, -0.25) is 0 Å². The Morgan fingerprint density at radius 1 is 1.03 bits per heavy atom. The van der Waals surface area contributed by atoms with Crippen LogP contribution in [0, 0.1) is 6.92 Å². The predicted molar refractivity (Wildman–Crippen MR) is 132 cm³/mol. The third kappa shape index (κ3) is 4.89. The quantitative estimate of drug-likeness (QED) is 0.570. The maximum atomic E-state index is 10.6. The standard InChI is InChI=1S/C27H33N3O2/c1-18(2)32-23-9-7-20(8-10-23)21-15-25(24-14-19(3)6-11-26(24)31)28-27(16-21)30-13-12-22(17-30)29(4)5/h6-11,14-16,18,22,31H,12-13,17H2,1-5H3. The number of hydrogen-bond donors (Lipinski definition) is 1. The van der Waals surface area contributed by atoms with E-state index in [9.17, 15) is 5.11 Å². The smallest absolute Gasteiger partial charge is 0.129 e. The number of anilines is 1. The molecule has 1 unspecified atom stereocenters. The summed E-state index contributed by atoms with van der Waals surface area (Å²) in [5.74, 6) is 2.06. The van der Waals surface area contributed by atoms with Gasteiger partial charge in [-0.05, 0) is 88.8 Å². The van der Waals surface area contributed by atoms with Crippen molar-refractivity contribution < 1.29 is 9.84 Å². The summed E-state index contributed by atoms with van der Waals surface area (Å²) < 4.78 is 5.81. The van der Waals surface area contributed by atoms with Gasteiger partial charge in [0, 0.05) is 24.7 Å². The number of aromatic nitrogens is 1. The molecule has 2 heterocycles. The van der Waals surface area contributed by atoms with Crippen LogP contribution in [0.1, 0.15) is 25.8 Å². The van der Waals surface area contributed by atoms with Gasteiger partial charge in [0.1, 0.15) is 17.3 Å². The fourth-order valence-electron chi connectivity index (χ4n) is 4.21. The van der Waals surface area contributed by atoms with E-state index in [1.807, 2.05) is 45.0 Å². The Labute approximate surface area is 191 Å². The van der Waals surface area contributed by atoms with Gasteiger partial charge in [-0.25, -0.2) is 4.98 Å². The van der Waals surface area contributed by atoms with E-state index < -0.39 is 0 Å². The average molecular weight is 432 g/mol. The summed E-state index contributed by atoms with van der Waals surface area (Å²) in [6.45, 7) is 8.01. The molecule has 0 saturated carbocycles. The molecule has 1 fully saturated rings. The van der Waals surface area contributed by atoms with Crippen molar-refractivity contribution in [3.63, 3.8) is 0 Å². The van der Waals surface area contributed by atoms with Gasteiger partial charge in [0.2, 0.25) is 0 Å². The number of rotatable bonds is 6. The van der Waals surface area contributed by atoms with Crippen molar-refractivity contribution in [3.05, 3.63) is 60.2 Å². The van der Waals surface area contributed by atoms with Crippen LogP contribution in [0.15, 0.2) is 54.6 Å². The average Bonchev–Trinajstić information content (AvgIpc) is 3.26. The molecule has 0 amide bonds. The number of pyridine rings is 1. The largest absolute Gasteiger partial charge is 0.507 e. The van der Waals surface area contributed by atoms with E-state index in [1.54, 1.807) is 6.07 Å². The Bertz CT molecular complexity index is 1080. The first-order chi connectivity index (χ1) is 15.3. The molecule has 2 aromatic carbocycles. The van der Waals surface area contributed by atoms with Gasteiger partial charge in [0.05, 0.1) is 11.8 Å². The van der Waals surface area contributed by atoms with Crippen molar-refractivity contribution in [1.29, 1.82) is 0 Å². The number of phenols is 1. The van der Waals surface area contributed by atoms with Crippen LogP contribution in [-0.4, -0.2) is 54.3 Å². The number of hydrogen-bond acceptors (Lipinski definition) is 5. The zero-order chi connectivity index (χ0) is 22.8. The van der Waals surface area contributed by atoms with Gasteiger partial charge in [0.25, 0.3) is 0 Å². The number of phenolic OH excluding ortho intramolecular Hbond substituents is 1. The zero-order valence-electron chi connectivity index (χ0n) is 19.7. The Morgan fingerprint density at radius 3 is 2.44 bits per heavy atom. The molecule has 1 aliphatic heterocycles. The monoisotopic (exact) mass is 431 g/mol. The molecule has 1 aliphatic rings. The maximum absolute atomic E-state index is 10.6. The van der Waals surface area contributed by atoms with Crippen molar-refractivity contribution in [2.75, 3.05) is 32.1 Å². The summed E-state index contributed by atoms with van der Waals surface area (Å²) in [5, 5.41) is 10.6. The third-order valence-electron chi connectivity index (χ3n) is 6.02. The molecule has 5 nitrogen and oxygen atoms in total. The number of likely N-dealkylation sites (N-methyl/N-ethyl adjacent to an activating group) is 1. The van der Waals surface area contributed by atoms with Crippen LogP contribution in [0.2, 0.25) is 0 Å². The first kappa shape index (κ1) is 22.2. The lowest BCUT2D eigenvalue weighted by Gasteiger charge is -2.22. The van der Waals surface area contributed by atoms with Crippen LogP contribution in [0.3, 0.4) is 0 Å². The zero-order valence-corrected chi connectivity index (χ0v) is 19.7. The molecule has 0 spiro atoms. The minimum absolute atomic E-state index is 0.143. The topological polar surface area (TPSA) is 48.8 Å². The van der Waals surface area contributed by atoms with E-state index in [2.05, 4.69) is 48.2 Å². The Hall–Kier alpha value is -3.05. The van der Waals surface area contributed by atoms with Crippen molar-refractivity contribution >= 4 is 5.82 Å². The second kappa shape index (κ2) is 9.21. The molecular formula is C27H33N3O2. The molecule has 1 N–H and O–H groups in total. The van der Waals surface area contributed by atoms with Crippen LogP contribution in [0.5, 0.6) is 11.5 Å². The van der Waals surface area contributed by atoms with Crippen LogP contribution >= 0.6 is 0 Å². The lowest BCUT2D eigenvalue weighted by atomic mass is 10.0. The first-order valence-electron chi connectivity index (χ1n) is 11.3. The van der Waals surface area contributed by atoms with Crippen LogP contribution < -0.4 is 9.64 Å². The van der Waals surface area contributed by atoms with E-state index in [0.29, 0.717) is 6.04 Å². The van der Waals surface area contributed by atoms with Crippen LogP contribution in [-0.2, 0) is 0 Å². The Balaban J connectivity index is 1.76. The normalized spacial score (nSPS) is 16.2. The first-order valence-corrected chi connectivity index (χ1v) is 11.3. The van der Waals surface area contributed by atoms with E-state index in [1.165, 1.54) is 0 Å². The number of aromatic hydroxyl groups is 1. The van der Waals surface area contributed by atoms with Crippen LogP contribution in [0.4, 0.5) is 5.82 Å². The third-order valence-corrected chi connectivity index (χ3v) is 6.02. The molecular weight excluding hydrogens is 398 g/mol. The maximum Gasteiger partial charge on any atom is 0.129 e. The van der Waals surface area contributed by atoms with Crippen LogP contribution in [0.25, 0.3) is 22.4 Å². The van der Waals surface area contributed by atoms with Crippen molar-refractivity contribution in [2.45, 2.75) is 39.3 Å². The van der Waals surface area contributed by atoms with E-state index in [-0.39, 0.29) is 11.9 Å². The van der Waals surface area contributed by atoms with Crippen molar-refractivity contribution in [2.24, 2.45) is 0 Å². The Morgan fingerprint density at radius 2 is 1.78 bits per heavy atom. The van der Waals surface area contributed by atoms with Gasteiger partial charge < -0.3 is 19.6 Å². The summed E-state index contributed by atoms with van der Waals surface area (Å²) in [6.07, 6.45) is 1.26. The highest BCUT2D eigenvalue weighted by atomic mass is 16.5. The highest BCUT2D eigenvalue weighted by Crippen LogP contribution is 2.35. The summed E-state index contributed by atoms with van der Waals surface area (Å²) in [5.41, 5.74) is 4.82. The van der Waals surface area contributed by atoms with Gasteiger partial charge >= 0.3 is 0 Å². The molecule has 1 atom stereocenters. The SMILES string of the molecule is Cc1ccc(O)c(-c2cc(-c3ccc(OC(C)C)cc3)cc(N3CCC(N(C)C)C3)n2)c1. The molecule has 4 rings (SSSR count). The van der Waals surface area contributed by atoms with E-state index in [4.69, 9.17) is 9.72 Å². The minimum atomic E-state index is 0.143. The molecule has 32 heavy (non-hydrogen) atoms. The lowest BCUT2D eigenvalue weighted by Crippen LogP contribution is -2.31. The van der Waals surface area contributed by atoms with E-state index in [0.717, 1.165) is 59.0 Å². The minimum Gasteiger partial charge on any atom is -0.507 e. The van der Waals surface area contributed by atoms with Gasteiger partial charge in [0.15, 0.2) is 0 Å². The summed E-state index contributed by atoms with van der Waals surface area (Å²) >= 11 is 0. The van der Waals surface area contributed by atoms with Gasteiger partial charge in [-0.15, -0.1) is 0 Å². The molecule has 3 aromatic rings. The summed E-state index contributed by atoms with van der Waals surface area (Å²) in [4.78, 5) is 9.62. The van der Waals surface area contributed by atoms with Gasteiger partial charge in [-0.2, -0.15) is 0 Å². The molecule has 5 heteroatoms. The Kier molecular flexibility index (Phi) is 6.38. The molecule has 168 valence electrons. The lowest BCUT2D eigenvalue weighted by molar-refractivity contribution is 0.242. The second-order valence-corrected chi connectivity index (χ2v) is 9.16. The van der Waals surface area contributed by atoms with Crippen molar-refractivity contribution in [3.8, 4) is 33.9 Å². The number of ether oxygens (including phenoxy) is 1. The predicted octanol–water partition coefficient (Wildman–Crippen LogP) is 5.36. The highest BCUT2D eigenvalue weighted by molar-refractivity contribution is 5.77. The number of benzene rings is 2. The molecule has 0 aliphatic carbocycles. The second-order valence-electron chi connectivity index (χ2n) is 9.16. The molecule has 1 aromatic heterocycles. The molecule has 0 radical (unpaired) electrons. The fraction of sp³-hybridized carbons (Fsp3) is 0.370. The highest BCUT2D eigenvalue weighted by Gasteiger charge is 2.26. The number of nitrogens with zero attached hydrogens (tertiary/aromatic N) is 3. The number of aryl methyl sites for hydroxylation is 1. The summed E-state index contributed by atoms with van der Waals surface area (Å²) in [7, 11) is 4.27. The van der Waals surface area contributed by atoms with E-state index >= 15 is 0 Å². The molecule has 1 saturated heterocycles. The summed E-state index contributed by atoms with van der Waals surface area (Å²) in [6, 6.07) is 18.6. The van der Waals surface area contributed by atoms with Gasteiger partial charge in [-0.1, -0.05) is 23.8 Å².